The Bertz CT molecular complexity index is 736. The van der Waals surface area contributed by atoms with Crippen LogP contribution in [-0.4, -0.2) is 28.5 Å². The maximum atomic E-state index is 12.2. The summed E-state index contributed by atoms with van der Waals surface area (Å²) >= 11 is 0. The second-order valence-electron chi connectivity index (χ2n) is 4.99. The monoisotopic (exact) mass is 288 g/mol. The van der Waals surface area contributed by atoms with Gasteiger partial charge < -0.3 is 15.4 Å². The lowest BCUT2D eigenvalue weighted by molar-refractivity contribution is -0.137. The number of hydrogen-bond donors (Lipinski definition) is 3. The molecule has 2 aromatic rings. The molecule has 3 N–H and O–H groups in total. The van der Waals surface area contributed by atoms with Crippen molar-refractivity contribution in [2.75, 3.05) is 6.54 Å². The molecule has 1 atom stereocenters. The Morgan fingerprint density at radius 3 is 2.76 bits per heavy atom. The average molecular weight is 288 g/mol. The number of amides is 1. The Balaban J connectivity index is 2.15. The summed E-state index contributed by atoms with van der Waals surface area (Å²) in [6.07, 6.45) is 1.34. The standard InChI is InChI=1S/C15H16N2O4/c1-9(6-13(18)19)7-17-15(21)11-8-16-12-5-3-2-4-10(12)14(11)20/h2-5,8-9H,6-7H2,1H3,(H,16,20)(H,17,21)(H,18,19). The molecular formula is C15H16N2O4. The van der Waals surface area contributed by atoms with Gasteiger partial charge in [-0.05, 0) is 18.1 Å². The van der Waals surface area contributed by atoms with Crippen LogP contribution in [0.2, 0.25) is 0 Å². The minimum atomic E-state index is -0.916. The lowest BCUT2D eigenvalue weighted by Crippen LogP contribution is -2.32. The molecule has 0 bridgehead atoms. The van der Waals surface area contributed by atoms with Crippen molar-refractivity contribution in [3.8, 4) is 0 Å². The van der Waals surface area contributed by atoms with Crippen LogP contribution in [0.3, 0.4) is 0 Å². The van der Waals surface area contributed by atoms with Crippen LogP contribution in [0.4, 0.5) is 0 Å². The Kier molecular flexibility index (Phi) is 4.37. The minimum Gasteiger partial charge on any atom is -0.481 e. The number of pyridine rings is 1. The van der Waals surface area contributed by atoms with Gasteiger partial charge in [-0.2, -0.15) is 0 Å². The van der Waals surface area contributed by atoms with Gasteiger partial charge in [0.1, 0.15) is 5.56 Å². The van der Waals surface area contributed by atoms with Crippen LogP contribution in [-0.2, 0) is 4.79 Å². The van der Waals surface area contributed by atoms with Gasteiger partial charge in [-0.25, -0.2) is 0 Å². The maximum Gasteiger partial charge on any atom is 0.303 e. The van der Waals surface area contributed by atoms with Gasteiger partial charge >= 0.3 is 5.97 Å². The number of aromatic amines is 1. The predicted molar refractivity (Wildman–Crippen MR) is 78.3 cm³/mol. The molecule has 1 aromatic carbocycles. The summed E-state index contributed by atoms with van der Waals surface area (Å²) < 4.78 is 0. The fourth-order valence-corrected chi connectivity index (χ4v) is 2.07. The summed E-state index contributed by atoms with van der Waals surface area (Å²) in [5, 5.41) is 11.7. The quantitative estimate of drug-likeness (QED) is 0.773. The highest BCUT2D eigenvalue weighted by Crippen LogP contribution is 2.07. The largest absolute Gasteiger partial charge is 0.481 e. The number of carbonyl (C=O) groups excluding carboxylic acids is 1. The number of carboxylic acid groups (broad SMARTS) is 1. The lowest BCUT2D eigenvalue weighted by atomic mass is 10.1. The third-order valence-electron chi connectivity index (χ3n) is 3.17. The molecular weight excluding hydrogens is 272 g/mol. The minimum absolute atomic E-state index is 0.0243. The van der Waals surface area contributed by atoms with Crippen molar-refractivity contribution in [1.29, 1.82) is 0 Å². The molecule has 1 unspecified atom stereocenters. The number of para-hydroxylation sites is 1. The number of H-pyrrole nitrogens is 1. The fourth-order valence-electron chi connectivity index (χ4n) is 2.07. The van der Waals surface area contributed by atoms with Gasteiger partial charge in [0.25, 0.3) is 5.91 Å². The van der Waals surface area contributed by atoms with Gasteiger partial charge in [0, 0.05) is 30.1 Å². The van der Waals surface area contributed by atoms with E-state index >= 15 is 0 Å². The van der Waals surface area contributed by atoms with Crippen molar-refractivity contribution in [2.24, 2.45) is 5.92 Å². The van der Waals surface area contributed by atoms with E-state index in [9.17, 15) is 14.4 Å². The number of carboxylic acids is 1. The van der Waals surface area contributed by atoms with Crippen LogP contribution < -0.4 is 10.7 Å². The SMILES string of the molecule is CC(CNC(=O)c1c[nH]c2ccccc2c1=O)CC(=O)O. The smallest absolute Gasteiger partial charge is 0.303 e. The van der Waals surface area contributed by atoms with Crippen LogP contribution in [0.5, 0.6) is 0 Å². The van der Waals surface area contributed by atoms with Gasteiger partial charge in [-0.1, -0.05) is 19.1 Å². The Labute approximate surface area is 120 Å². The number of fused-ring (bicyclic) bond motifs is 1. The highest BCUT2D eigenvalue weighted by molar-refractivity contribution is 5.97. The van der Waals surface area contributed by atoms with Gasteiger partial charge in [0.05, 0.1) is 0 Å². The zero-order valence-electron chi connectivity index (χ0n) is 11.6. The van der Waals surface area contributed by atoms with Crippen molar-refractivity contribution in [1.82, 2.24) is 10.3 Å². The highest BCUT2D eigenvalue weighted by Gasteiger charge is 2.14. The molecule has 0 aliphatic rings. The third kappa shape index (κ3) is 3.47. The second-order valence-corrected chi connectivity index (χ2v) is 4.99. The summed E-state index contributed by atoms with van der Waals surface area (Å²) in [7, 11) is 0. The molecule has 0 saturated heterocycles. The summed E-state index contributed by atoms with van der Waals surface area (Å²) in [5.74, 6) is -1.62. The predicted octanol–water partition coefficient (Wildman–Crippen LogP) is 1.37. The summed E-state index contributed by atoms with van der Waals surface area (Å²) in [6.45, 7) is 1.93. The number of nitrogens with one attached hydrogen (secondary N) is 2. The van der Waals surface area contributed by atoms with Crippen molar-refractivity contribution in [3.05, 3.63) is 46.2 Å². The highest BCUT2D eigenvalue weighted by atomic mass is 16.4. The van der Waals surface area contributed by atoms with Crippen molar-refractivity contribution in [2.45, 2.75) is 13.3 Å². The molecule has 0 fully saturated rings. The van der Waals surface area contributed by atoms with Crippen molar-refractivity contribution >= 4 is 22.8 Å². The zero-order chi connectivity index (χ0) is 15.4. The van der Waals surface area contributed by atoms with E-state index < -0.39 is 11.9 Å². The molecule has 1 heterocycles. The summed E-state index contributed by atoms with van der Waals surface area (Å²) in [4.78, 5) is 37.7. The van der Waals surface area contributed by atoms with Gasteiger partial charge in [-0.15, -0.1) is 0 Å². The molecule has 1 aromatic heterocycles. The number of aromatic nitrogens is 1. The first kappa shape index (κ1) is 14.8. The molecule has 0 radical (unpaired) electrons. The number of hydrogen-bond acceptors (Lipinski definition) is 3. The van der Waals surface area contributed by atoms with Crippen LogP contribution in [0, 0.1) is 5.92 Å². The maximum absolute atomic E-state index is 12.2. The molecule has 0 aliphatic heterocycles. The Morgan fingerprint density at radius 1 is 1.33 bits per heavy atom. The topological polar surface area (TPSA) is 99.3 Å². The molecule has 2 rings (SSSR count). The summed E-state index contributed by atoms with van der Waals surface area (Å²) in [6, 6.07) is 6.94. The Hall–Kier alpha value is -2.63. The third-order valence-corrected chi connectivity index (χ3v) is 3.17. The van der Waals surface area contributed by atoms with Crippen LogP contribution in [0.25, 0.3) is 10.9 Å². The number of carbonyl (C=O) groups is 2. The number of benzene rings is 1. The normalized spacial score (nSPS) is 12.0. The van der Waals surface area contributed by atoms with Crippen molar-refractivity contribution < 1.29 is 14.7 Å². The van der Waals surface area contributed by atoms with Gasteiger partial charge in [0.2, 0.25) is 5.43 Å². The van der Waals surface area contributed by atoms with E-state index in [0.717, 1.165) is 0 Å². The van der Waals surface area contributed by atoms with E-state index in [0.29, 0.717) is 10.9 Å². The van der Waals surface area contributed by atoms with E-state index in [1.54, 1.807) is 31.2 Å². The molecule has 6 heteroatoms. The van der Waals surface area contributed by atoms with Crippen molar-refractivity contribution in [3.63, 3.8) is 0 Å². The number of aliphatic carboxylic acids is 1. The summed E-state index contributed by atoms with van der Waals surface area (Å²) in [5.41, 5.74) is 0.349. The van der Waals surface area contributed by atoms with E-state index in [1.807, 2.05) is 0 Å². The molecule has 110 valence electrons. The molecule has 0 spiro atoms. The molecule has 1 amide bonds. The molecule has 6 nitrogen and oxygen atoms in total. The Morgan fingerprint density at radius 2 is 2.05 bits per heavy atom. The first-order valence-corrected chi connectivity index (χ1v) is 6.59. The fraction of sp³-hybridized carbons (Fsp3) is 0.267. The van der Waals surface area contributed by atoms with Gasteiger partial charge in [0.15, 0.2) is 0 Å². The van der Waals surface area contributed by atoms with E-state index in [-0.39, 0.29) is 29.9 Å². The zero-order valence-corrected chi connectivity index (χ0v) is 11.6. The van der Waals surface area contributed by atoms with Gasteiger partial charge in [-0.3, -0.25) is 14.4 Å². The molecule has 0 saturated carbocycles. The first-order valence-electron chi connectivity index (χ1n) is 6.59. The number of rotatable bonds is 5. The second kappa shape index (κ2) is 6.21. The van der Waals surface area contributed by atoms with Crippen LogP contribution >= 0.6 is 0 Å². The van der Waals surface area contributed by atoms with Crippen LogP contribution in [0.1, 0.15) is 23.7 Å². The molecule has 21 heavy (non-hydrogen) atoms. The lowest BCUT2D eigenvalue weighted by Gasteiger charge is -2.10. The van der Waals surface area contributed by atoms with E-state index in [2.05, 4.69) is 10.3 Å². The molecule has 0 aliphatic carbocycles. The van der Waals surface area contributed by atoms with E-state index in [1.165, 1.54) is 6.20 Å². The average Bonchev–Trinajstić information content (AvgIpc) is 2.45. The van der Waals surface area contributed by atoms with E-state index in [4.69, 9.17) is 5.11 Å². The first-order chi connectivity index (χ1) is 9.99. The van der Waals surface area contributed by atoms with Crippen LogP contribution in [0.15, 0.2) is 35.3 Å².